The molecular weight excluding hydrogens is 654 g/mol. The fraction of sp³-hybridized carbons (Fsp3) is 0.500. The summed E-state index contributed by atoms with van der Waals surface area (Å²) in [6.07, 6.45) is 1.13. The first kappa shape index (κ1) is 35.5. The lowest BCUT2D eigenvalue weighted by atomic mass is 9.72. The SMILES string of the molecule is COc1cccc2c1C(=O)c1c(O)c3c(c(O)c1C2=O)C[C@@](O)(C(=O)CO)C[C@@H]3OC1C[C@H](NC(=O)OC2/C=C/CCCCC2)[C@H](O)[C@H](C)O1. The third kappa shape index (κ3) is 6.37. The summed E-state index contributed by atoms with van der Waals surface area (Å²) in [7, 11) is 1.31. The van der Waals surface area contributed by atoms with Gasteiger partial charge in [-0.3, -0.25) is 14.4 Å². The number of alkyl carbamates (subject to hydrolysis) is 1. The molecule has 6 rings (SSSR count). The second-order valence-electron chi connectivity index (χ2n) is 13.3. The summed E-state index contributed by atoms with van der Waals surface area (Å²) in [5, 5.41) is 58.1. The Morgan fingerprint density at radius 1 is 1.06 bits per heavy atom. The lowest BCUT2D eigenvalue weighted by Gasteiger charge is -2.42. The molecule has 14 nitrogen and oxygen atoms in total. The molecule has 1 amide bonds. The van der Waals surface area contributed by atoms with Crippen molar-refractivity contribution in [2.24, 2.45) is 0 Å². The molecule has 1 saturated heterocycles. The zero-order chi connectivity index (χ0) is 35.9. The number of Topliss-reactive ketones (excluding diaryl/α,β-unsaturated/α-hetero) is 1. The van der Waals surface area contributed by atoms with E-state index in [4.69, 9.17) is 18.9 Å². The van der Waals surface area contributed by atoms with E-state index in [0.717, 1.165) is 25.7 Å². The number of phenolic OH excluding ortho intramolecular Hbond substituents is 2. The number of nitrogens with one attached hydrogen (secondary N) is 1. The van der Waals surface area contributed by atoms with Crippen LogP contribution >= 0.6 is 0 Å². The van der Waals surface area contributed by atoms with Crippen LogP contribution in [0.1, 0.15) is 101 Å². The highest BCUT2D eigenvalue weighted by Gasteiger charge is 2.50. The van der Waals surface area contributed by atoms with Gasteiger partial charge in [0.2, 0.25) is 5.78 Å². The highest BCUT2D eigenvalue weighted by atomic mass is 16.7. The summed E-state index contributed by atoms with van der Waals surface area (Å²) >= 11 is 0. The van der Waals surface area contributed by atoms with Crippen LogP contribution in [-0.4, -0.2) is 98.9 Å². The van der Waals surface area contributed by atoms with Gasteiger partial charge >= 0.3 is 6.09 Å². The first-order valence-corrected chi connectivity index (χ1v) is 16.7. The van der Waals surface area contributed by atoms with E-state index < -0.39 is 108 Å². The molecule has 4 aliphatic rings. The normalized spacial score (nSPS) is 29.8. The molecule has 268 valence electrons. The highest BCUT2D eigenvalue weighted by molar-refractivity contribution is 6.31. The van der Waals surface area contributed by atoms with E-state index in [2.05, 4.69) is 5.32 Å². The van der Waals surface area contributed by atoms with Crippen LogP contribution in [0, 0.1) is 0 Å². The van der Waals surface area contributed by atoms with Crippen LogP contribution in [0.15, 0.2) is 30.4 Å². The summed E-state index contributed by atoms with van der Waals surface area (Å²) in [6.45, 7) is 0.487. The van der Waals surface area contributed by atoms with Crippen LogP contribution in [0.5, 0.6) is 17.2 Å². The number of aromatic hydroxyl groups is 2. The highest BCUT2D eigenvalue weighted by Crippen LogP contribution is 2.52. The average molecular weight is 696 g/mol. The molecule has 2 unspecified atom stereocenters. The second-order valence-corrected chi connectivity index (χ2v) is 13.3. The van der Waals surface area contributed by atoms with Crippen LogP contribution in [0.4, 0.5) is 4.79 Å². The van der Waals surface area contributed by atoms with E-state index in [1.54, 1.807) is 6.92 Å². The molecule has 1 heterocycles. The number of allylic oxidation sites excluding steroid dienone is 1. The Bertz CT molecular complexity index is 1740. The number of ketones is 3. The van der Waals surface area contributed by atoms with E-state index in [-0.39, 0.29) is 34.4 Å². The van der Waals surface area contributed by atoms with Crippen molar-refractivity contribution < 1.29 is 63.7 Å². The van der Waals surface area contributed by atoms with Crippen molar-refractivity contribution in [3.63, 3.8) is 0 Å². The molecule has 14 heteroatoms. The number of aliphatic hydroxyl groups is 3. The van der Waals surface area contributed by atoms with Gasteiger partial charge in [0.05, 0.1) is 42.0 Å². The van der Waals surface area contributed by atoms with Gasteiger partial charge in [0.1, 0.15) is 41.7 Å². The van der Waals surface area contributed by atoms with Crippen molar-refractivity contribution in [3.05, 3.63) is 63.7 Å². The molecule has 0 spiro atoms. The van der Waals surface area contributed by atoms with Gasteiger partial charge in [-0.15, -0.1) is 0 Å². The fourth-order valence-electron chi connectivity index (χ4n) is 7.41. The standard InChI is InChI=1S/C36H41NO13/c1-17-30(40)21(37-35(45)49-18-9-6-4-3-5-7-10-18)13-25(48-17)50-23-15-36(46,24(39)16-38)14-20-27(23)34(44)29-28(32(20)42)31(41)19-11-8-12-22(47-2)26(19)33(29)43/h6,8-9,11-12,17-18,21,23,25,30,38,40,42,44,46H,3-5,7,10,13-16H2,1-2H3,(H,37,45)/b9-6+/t17-,18?,21-,23-,25?,30+,36-/m0/s1. The molecule has 0 bridgehead atoms. The number of aliphatic hydroxyl groups excluding tert-OH is 2. The van der Waals surface area contributed by atoms with Crippen LogP contribution in [0.25, 0.3) is 0 Å². The number of rotatable bonds is 7. The number of fused-ring (bicyclic) bond motifs is 3. The van der Waals surface area contributed by atoms with Gasteiger partial charge in [0.15, 0.2) is 17.9 Å². The van der Waals surface area contributed by atoms with Crippen LogP contribution < -0.4 is 10.1 Å². The number of carbonyl (C=O) groups is 4. The summed E-state index contributed by atoms with van der Waals surface area (Å²) in [4.78, 5) is 53.4. The zero-order valence-corrected chi connectivity index (χ0v) is 27.7. The second kappa shape index (κ2) is 14.1. The third-order valence-electron chi connectivity index (χ3n) is 10.0. The number of amides is 1. The maximum Gasteiger partial charge on any atom is 0.408 e. The van der Waals surface area contributed by atoms with Crippen LogP contribution in [0.2, 0.25) is 0 Å². The molecule has 50 heavy (non-hydrogen) atoms. The number of ether oxygens (including phenoxy) is 4. The van der Waals surface area contributed by atoms with Gasteiger partial charge in [-0.2, -0.15) is 0 Å². The van der Waals surface area contributed by atoms with Gasteiger partial charge in [0.25, 0.3) is 0 Å². The van der Waals surface area contributed by atoms with Crippen molar-refractivity contribution >= 4 is 23.4 Å². The largest absolute Gasteiger partial charge is 0.507 e. The first-order valence-electron chi connectivity index (χ1n) is 16.7. The smallest absolute Gasteiger partial charge is 0.408 e. The predicted molar refractivity (Wildman–Crippen MR) is 173 cm³/mol. The third-order valence-corrected chi connectivity index (χ3v) is 10.0. The molecule has 2 aromatic carbocycles. The molecule has 1 fully saturated rings. The van der Waals surface area contributed by atoms with Crippen molar-refractivity contribution in [1.29, 1.82) is 0 Å². The van der Waals surface area contributed by atoms with Crippen molar-refractivity contribution in [3.8, 4) is 17.2 Å². The molecule has 0 radical (unpaired) electrons. The fourth-order valence-corrected chi connectivity index (χ4v) is 7.41. The monoisotopic (exact) mass is 695 g/mol. The van der Waals surface area contributed by atoms with E-state index in [9.17, 15) is 44.7 Å². The Morgan fingerprint density at radius 3 is 2.56 bits per heavy atom. The Labute approximate surface area is 287 Å². The maximum absolute atomic E-state index is 13.9. The first-order chi connectivity index (χ1) is 23.9. The zero-order valence-electron chi connectivity index (χ0n) is 27.7. The Hall–Kier alpha value is -4.34. The molecule has 0 aromatic heterocycles. The minimum Gasteiger partial charge on any atom is -0.507 e. The quantitative estimate of drug-likeness (QED) is 0.155. The molecule has 7 atom stereocenters. The van der Waals surface area contributed by atoms with E-state index in [1.807, 2.05) is 12.2 Å². The lowest BCUT2D eigenvalue weighted by molar-refractivity contribution is -0.249. The minimum absolute atomic E-state index is 0.0737. The maximum atomic E-state index is 13.9. The van der Waals surface area contributed by atoms with Gasteiger partial charge in [-0.1, -0.05) is 24.6 Å². The Balaban J connectivity index is 1.33. The number of hydrogen-bond donors (Lipinski definition) is 6. The Morgan fingerprint density at radius 2 is 1.82 bits per heavy atom. The van der Waals surface area contributed by atoms with Gasteiger partial charge in [0, 0.05) is 36.0 Å². The number of phenols is 2. The van der Waals surface area contributed by atoms with E-state index >= 15 is 0 Å². The molecular formula is C36H41NO13. The van der Waals surface area contributed by atoms with E-state index in [0.29, 0.717) is 6.42 Å². The summed E-state index contributed by atoms with van der Waals surface area (Å²) in [5.74, 6) is -3.98. The van der Waals surface area contributed by atoms with Gasteiger partial charge in [-0.05, 0) is 44.7 Å². The van der Waals surface area contributed by atoms with Gasteiger partial charge in [-0.25, -0.2) is 4.79 Å². The van der Waals surface area contributed by atoms with E-state index in [1.165, 1.54) is 25.3 Å². The number of methoxy groups -OCH3 is 1. The molecule has 0 saturated carbocycles. The Kier molecular flexibility index (Phi) is 10.0. The predicted octanol–water partition coefficient (Wildman–Crippen LogP) is 2.66. The topological polar surface area (TPSA) is 218 Å². The number of benzene rings is 2. The summed E-state index contributed by atoms with van der Waals surface area (Å²) < 4.78 is 23.0. The molecule has 1 aliphatic heterocycles. The summed E-state index contributed by atoms with van der Waals surface area (Å²) in [6, 6.07) is 3.41. The van der Waals surface area contributed by atoms with Crippen molar-refractivity contribution in [1.82, 2.24) is 5.32 Å². The van der Waals surface area contributed by atoms with Crippen molar-refractivity contribution in [2.75, 3.05) is 13.7 Å². The molecule has 2 aromatic rings. The van der Waals surface area contributed by atoms with Gasteiger partial charge < -0.3 is 49.8 Å². The summed E-state index contributed by atoms with van der Waals surface area (Å²) in [5.41, 5.74) is -3.93. The average Bonchev–Trinajstić information content (AvgIpc) is 3.07. The van der Waals surface area contributed by atoms with Crippen molar-refractivity contribution in [2.45, 2.75) is 101 Å². The van der Waals surface area contributed by atoms with Crippen LogP contribution in [0.3, 0.4) is 0 Å². The minimum atomic E-state index is -2.32. The van der Waals surface area contributed by atoms with Crippen LogP contribution in [-0.2, 0) is 25.4 Å². The molecule has 6 N–H and O–H groups in total. The molecule has 3 aliphatic carbocycles. The number of hydrogen-bond acceptors (Lipinski definition) is 13. The lowest BCUT2D eigenvalue weighted by Crippen LogP contribution is -2.56. The number of carbonyl (C=O) groups excluding carboxylic acids is 4.